The number of likely N-dealkylation sites (N-methyl/N-ethyl adjacent to an activating group) is 1. The van der Waals surface area contributed by atoms with Crippen molar-refractivity contribution in [2.75, 3.05) is 32.2 Å². The number of rotatable bonds is 10. The van der Waals surface area contributed by atoms with E-state index in [4.69, 9.17) is 14.5 Å². The molecule has 3 rings (SSSR count). The quantitative estimate of drug-likeness (QED) is 0.434. The fourth-order valence-corrected chi connectivity index (χ4v) is 3.31. The molecule has 0 aliphatic carbocycles. The van der Waals surface area contributed by atoms with Crippen molar-refractivity contribution in [3.05, 3.63) is 30.1 Å². The molecule has 0 bridgehead atoms. The zero-order chi connectivity index (χ0) is 23.3. The first-order chi connectivity index (χ1) is 15.2. The predicted octanol–water partition coefficient (Wildman–Crippen LogP) is 1.59. The minimum absolute atomic E-state index is 0.219. The highest BCUT2D eigenvalue weighted by Gasteiger charge is 2.23. The van der Waals surface area contributed by atoms with Gasteiger partial charge in [0.25, 0.3) is 5.91 Å². The first kappa shape index (κ1) is 23.6. The molecule has 0 fully saturated rings. The van der Waals surface area contributed by atoms with Gasteiger partial charge >= 0.3 is 0 Å². The van der Waals surface area contributed by atoms with Gasteiger partial charge in [0.2, 0.25) is 5.91 Å². The van der Waals surface area contributed by atoms with Gasteiger partial charge < -0.3 is 29.8 Å². The molecule has 0 radical (unpaired) electrons. The first-order valence-corrected chi connectivity index (χ1v) is 10.4. The van der Waals surface area contributed by atoms with Crippen LogP contribution < -0.4 is 10.6 Å². The average Bonchev–Trinajstić information content (AvgIpc) is 3.09. The molecule has 10 heteroatoms. The van der Waals surface area contributed by atoms with Gasteiger partial charge in [-0.3, -0.25) is 9.59 Å². The number of nitrogens with one attached hydrogen (secondary N) is 2. The molecule has 10 nitrogen and oxygen atoms in total. The van der Waals surface area contributed by atoms with Gasteiger partial charge in [-0.05, 0) is 26.8 Å². The molecule has 0 atom stereocenters. The molecule has 2 aromatic heterocycles. The number of aromatic nitrogens is 3. The third kappa shape index (κ3) is 5.58. The second kappa shape index (κ2) is 10.0. The number of hydrogen-bond acceptors (Lipinski definition) is 7. The van der Waals surface area contributed by atoms with Crippen LogP contribution in [-0.4, -0.2) is 63.9 Å². The van der Waals surface area contributed by atoms with E-state index in [0.717, 1.165) is 10.9 Å². The van der Waals surface area contributed by atoms with Gasteiger partial charge in [0.1, 0.15) is 31.2 Å². The van der Waals surface area contributed by atoms with Crippen LogP contribution in [0.25, 0.3) is 21.9 Å². The Bertz CT molecular complexity index is 1120. The van der Waals surface area contributed by atoms with E-state index < -0.39 is 11.5 Å². The van der Waals surface area contributed by atoms with Crippen molar-refractivity contribution < 1.29 is 24.2 Å². The Morgan fingerprint density at radius 2 is 1.84 bits per heavy atom. The lowest BCUT2D eigenvalue weighted by molar-refractivity contribution is -0.128. The number of amides is 2. The van der Waals surface area contributed by atoms with E-state index in [1.54, 1.807) is 13.8 Å². The molecule has 32 heavy (non-hydrogen) atoms. The molecule has 0 aliphatic rings. The molecule has 2 amide bonds. The molecule has 0 aliphatic heterocycles. The normalized spacial score (nSPS) is 11.8. The Labute approximate surface area is 185 Å². The third-order valence-corrected chi connectivity index (χ3v) is 4.65. The molecule has 0 saturated carbocycles. The summed E-state index contributed by atoms with van der Waals surface area (Å²) in [5.74, 6) is 0.115. The van der Waals surface area contributed by atoms with Crippen molar-refractivity contribution >= 4 is 39.6 Å². The number of anilines is 1. The van der Waals surface area contributed by atoms with Crippen LogP contribution in [0.15, 0.2) is 24.3 Å². The Morgan fingerprint density at radius 1 is 1.12 bits per heavy atom. The molecule has 2 heterocycles. The Morgan fingerprint density at radius 3 is 2.53 bits per heavy atom. The van der Waals surface area contributed by atoms with Crippen molar-refractivity contribution in [1.29, 1.82) is 0 Å². The highest BCUT2D eigenvalue weighted by molar-refractivity contribution is 6.09. The number of imidazole rings is 1. The summed E-state index contributed by atoms with van der Waals surface area (Å²) in [4.78, 5) is 33.0. The Kier molecular flexibility index (Phi) is 7.39. The van der Waals surface area contributed by atoms with Crippen molar-refractivity contribution in [2.24, 2.45) is 0 Å². The zero-order valence-electron chi connectivity index (χ0n) is 18.8. The van der Waals surface area contributed by atoms with Crippen LogP contribution in [0.3, 0.4) is 0 Å². The summed E-state index contributed by atoms with van der Waals surface area (Å²) in [6.45, 7) is 5.85. The topological polar surface area (TPSA) is 128 Å². The molecule has 3 aromatic rings. The standard InChI is InChI=1S/C22H29N5O5/c1-5-31-10-16-25-19-20(27(16)13-22(2,3)30)14-8-6-7-9-15(14)24-21(19)26-18(29)12-32-11-17(28)23-4/h6-9,30H,5,10-13H2,1-4H3,(H,23,28)(H,24,26,29). The largest absolute Gasteiger partial charge is 0.389 e. The number of hydrogen-bond donors (Lipinski definition) is 3. The van der Waals surface area contributed by atoms with Crippen LogP contribution in [-0.2, 0) is 32.2 Å². The van der Waals surface area contributed by atoms with Gasteiger partial charge in [0.05, 0.1) is 23.2 Å². The van der Waals surface area contributed by atoms with Crippen LogP contribution in [0.5, 0.6) is 0 Å². The Hall–Kier alpha value is -3.08. The van der Waals surface area contributed by atoms with E-state index in [0.29, 0.717) is 23.5 Å². The molecule has 0 unspecified atom stereocenters. The van der Waals surface area contributed by atoms with Gasteiger partial charge in [-0.25, -0.2) is 9.97 Å². The number of para-hydroxylation sites is 1. The monoisotopic (exact) mass is 443 g/mol. The summed E-state index contributed by atoms with van der Waals surface area (Å²) >= 11 is 0. The number of carbonyl (C=O) groups is 2. The average molecular weight is 444 g/mol. The number of carbonyl (C=O) groups excluding carboxylic acids is 2. The van der Waals surface area contributed by atoms with Crippen molar-refractivity contribution in [3.8, 4) is 0 Å². The lowest BCUT2D eigenvalue weighted by atomic mass is 10.1. The van der Waals surface area contributed by atoms with E-state index in [-0.39, 0.29) is 38.1 Å². The summed E-state index contributed by atoms with van der Waals surface area (Å²) in [6.07, 6.45) is 0. The van der Waals surface area contributed by atoms with Gasteiger partial charge in [0, 0.05) is 19.0 Å². The number of pyridine rings is 1. The minimum atomic E-state index is -1.00. The number of ether oxygens (including phenoxy) is 2. The number of fused-ring (bicyclic) bond motifs is 3. The van der Waals surface area contributed by atoms with E-state index in [1.165, 1.54) is 7.05 Å². The van der Waals surface area contributed by atoms with E-state index in [2.05, 4.69) is 15.6 Å². The van der Waals surface area contributed by atoms with Gasteiger partial charge in [-0.2, -0.15) is 0 Å². The molecular weight excluding hydrogens is 414 g/mol. The highest BCUT2D eigenvalue weighted by atomic mass is 16.5. The van der Waals surface area contributed by atoms with Gasteiger partial charge in [-0.15, -0.1) is 0 Å². The third-order valence-electron chi connectivity index (χ3n) is 4.65. The predicted molar refractivity (Wildman–Crippen MR) is 120 cm³/mol. The molecule has 0 spiro atoms. The van der Waals surface area contributed by atoms with E-state index in [1.807, 2.05) is 35.8 Å². The van der Waals surface area contributed by atoms with Crippen LogP contribution in [0.4, 0.5) is 5.82 Å². The maximum Gasteiger partial charge on any atom is 0.251 e. The number of benzene rings is 1. The molecule has 172 valence electrons. The van der Waals surface area contributed by atoms with Crippen molar-refractivity contribution in [2.45, 2.75) is 39.5 Å². The maximum absolute atomic E-state index is 12.4. The van der Waals surface area contributed by atoms with Gasteiger partial charge in [0.15, 0.2) is 5.82 Å². The van der Waals surface area contributed by atoms with Crippen LogP contribution >= 0.6 is 0 Å². The molecular formula is C22H29N5O5. The highest BCUT2D eigenvalue weighted by Crippen LogP contribution is 2.31. The van der Waals surface area contributed by atoms with Crippen LogP contribution in [0.2, 0.25) is 0 Å². The van der Waals surface area contributed by atoms with Crippen molar-refractivity contribution in [3.63, 3.8) is 0 Å². The summed E-state index contributed by atoms with van der Waals surface area (Å²) in [6, 6.07) is 7.53. The first-order valence-electron chi connectivity index (χ1n) is 10.4. The fourth-order valence-electron chi connectivity index (χ4n) is 3.31. The Balaban J connectivity index is 2.06. The second-order valence-electron chi connectivity index (χ2n) is 7.95. The lowest BCUT2D eigenvalue weighted by Crippen LogP contribution is -2.27. The summed E-state index contributed by atoms with van der Waals surface area (Å²) in [5.41, 5.74) is 0.897. The smallest absolute Gasteiger partial charge is 0.251 e. The molecule has 1 aromatic carbocycles. The summed E-state index contributed by atoms with van der Waals surface area (Å²) in [5, 5.41) is 16.5. The zero-order valence-corrected chi connectivity index (χ0v) is 18.8. The van der Waals surface area contributed by atoms with Crippen LogP contribution in [0, 0.1) is 0 Å². The molecule has 3 N–H and O–H groups in total. The minimum Gasteiger partial charge on any atom is -0.389 e. The number of aliphatic hydroxyl groups is 1. The van der Waals surface area contributed by atoms with E-state index >= 15 is 0 Å². The SMILES string of the molecule is CCOCc1nc2c(NC(=O)COCC(=O)NC)nc3ccccc3c2n1CC(C)(C)O. The lowest BCUT2D eigenvalue weighted by Gasteiger charge is -2.20. The fraction of sp³-hybridized carbons (Fsp3) is 0.455. The maximum atomic E-state index is 12.4. The van der Waals surface area contributed by atoms with E-state index in [9.17, 15) is 14.7 Å². The second-order valence-corrected chi connectivity index (χ2v) is 7.95. The number of nitrogens with zero attached hydrogens (tertiary/aromatic N) is 3. The summed E-state index contributed by atoms with van der Waals surface area (Å²) < 4.78 is 12.6. The van der Waals surface area contributed by atoms with Gasteiger partial charge in [-0.1, -0.05) is 18.2 Å². The summed E-state index contributed by atoms with van der Waals surface area (Å²) in [7, 11) is 1.49. The molecule has 0 saturated heterocycles. The van der Waals surface area contributed by atoms with Crippen molar-refractivity contribution in [1.82, 2.24) is 19.9 Å². The van der Waals surface area contributed by atoms with Crippen LogP contribution in [0.1, 0.15) is 26.6 Å².